The van der Waals surface area contributed by atoms with E-state index in [9.17, 15) is 8.42 Å². The van der Waals surface area contributed by atoms with Crippen molar-refractivity contribution in [3.63, 3.8) is 0 Å². The Kier molecular flexibility index (Phi) is 5.02. The lowest BCUT2D eigenvalue weighted by Crippen LogP contribution is -2.40. The van der Waals surface area contributed by atoms with Crippen LogP contribution >= 0.6 is 0 Å². The molecule has 15 heavy (non-hydrogen) atoms. The molecule has 0 saturated heterocycles. The lowest BCUT2D eigenvalue weighted by molar-refractivity contribution is 0.270. The summed E-state index contributed by atoms with van der Waals surface area (Å²) in [6.45, 7) is 1.96. The third kappa shape index (κ3) is 3.74. The highest BCUT2D eigenvalue weighted by Gasteiger charge is 2.29. The fourth-order valence-electron chi connectivity index (χ4n) is 2.03. The molecule has 2 N–H and O–H groups in total. The van der Waals surface area contributed by atoms with Crippen LogP contribution in [0.5, 0.6) is 0 Å². The summed E-state index contributed by atoms with van der Waals surface area (Å²) >= 11 is 0. The van der Waals surface area contributed by atoms with E-state index in [1.54, 1.807) is 0 Å². The first kappa shape index (κ1) is 12.9. The smallest absolute Gasteiger partial charge is 0.214 e. The monoisotopic (exact) mass is 235 g/mol. The van der Waals surface area contributed by atoms with Crippen LogP contribution in [0.1, 0.15) is 45.4 Å². The predicted molar refractivity (Wildman–Crippen MR) is 60.1 cm³/mol. The second-order valence-electron chi connectivity index (χ2n) is 4.19. The zero-order chi connectivity index (χ0) is 11.3. The van der Waals surface area contributed by atoms with Crippen molar-refractivity contribution in [1.82, 2.24) is 4.72 Å². The van der Waals surface area contributed by atoms with Gasteiger partial charge >= 0.3 is 0 Å². The van der Waals surface area contributed by atoms with E-state index in [1.807, 2.05) is 6.92 Å². The van der Waals surface area contributed by atoms with Crippen molar-refractivity contribution in [2.24, 2.45) is 0 Å². The van der Waals surface area contributed by atoms with Gasteiger partial charge in [0, 0.05) is 12.6 Å². The first-order valence-electron chi connectivity index (χ1n) is 5.72. The maximum atomic E-state index is 11.9. The van der Waals surface area contributed by atoms with Crippen LogP contribution in [0.2, 0.25) is 0 Å². The zero-order valence-corrected chi connectivity index (χ0v) is 10.1. The van der Waals surface area contributed by atoms with Crippen LogP contribution in [0, 0.1) is 0 Å². The summed E-state index contributed by atoms with van der Waals surface area (Å²) in [5.41, 5.74) is 0. The van der Waals surface area contributed by atoms with E-state index in [0.29, 0.717) is 6.42 Å². The quantitative estimate of drug-likeness (QED) is 0.722. The molecule has 1 rings (SSSR count). The van der Waals surface area contributed by atoms with Crippen LogP contribution < -0.4 is 4.72 Å². The molecule has 1 aliphatic rings. The number of rotatable bonds is 6. The van der Waals surface area contributed by atoms with Gasteiger partial charge in [-0.3, -0.25) is 0 Å². The highest BCUT2D eigenvalue weighted by molar-refractivity contribution is 7.90. The van der Waals surface area contributed by atoms with Gasteiger partial charge in [-0.05, 0) is 25.7 Å². The normalized spacial score (nSPS) is 20.7. The van der Waals surface area contributed by atoms with Gasteiger partial charge in [-0.1, -0.05) is 19.8 Å². The Morgan fingerprint density at radius 1 is 1.40 bits per heavy atom. The lowest BCUT2D eigenvalue weighted by atomic mass is 10.2. The fourth-order valence-corrected chi connectivity index (χ4v) is 3.92. The predicted octanol–water partition coefficient (Wildman–Crippen LogP) is 1.01. The second kappa shape index (κ2) is 5.82. The fraction of sp³-hybridized carbons (Fsp3) is 1.00. The number of nitrogens with one attached hydrogen (secondary N) is 1. The van der Waals surface area contributed by atoms with Crippen molar-refractivity contribution in [2.45, 2.75) is 56.7 Å². The van der Waals surface area contributed by atoms with E-state index in [0.717, 1.165) is 32.1 Å². The maximum Gasteiger partial charge on any atom is 0.214 e. The molecule has 0 heterocycles. The van der Waals surface area contributed by atoms with Crippen molar-refractivity contribution in [2.75, 3.05) is 6.61 Å². The molecule has 1 saturated carbocycles. The molecule has 0 bridgehead atoms. The van der Waals surface area contributed by atoms with Crippen molar-refractivity contribution in [3.8, 4) is 0 Å². The van der Waals surface area contributed by atoms with E-state index >= 15 is 0 Å². The van der Waals surface area contributed by atoms with Crippen LogP contribution in [0.4, 0.5) is 0 Å². The van der Waals surface area contributed by atoms with E-state index in [4.69, 9.17) is 5.11 Å². The highest BCUT2D eigenvalue weighted by Crippen LogP contribution is 2.24. The molecule has 0 aromatic carbocycles. The van der Waals surface area contributed by atoms with E-state index < -0.39 is 10.0 Å². The molecule has 4 nitrogen and oxygen atoms in total. The SMILES string of the molecule is CCC(CCO)NS(=O)(=O)C1CCCC1. The minimum Gasteiger partial charge on any atom is -0.396 e. The Bertz CT molecular complexity index is 270. The lowest BCUT2D eigenvalue weighted by Gasteiger charge is -2.19. The van der Waals surface area contributed by atoms with E-state index in [2.05, 4.69) is 4.72 Å². The maximum absolute atomic E-state index is 11.9. The van der Waals surface area contributed by atoms with E-state index in [-0.39, 0.29) is 17.9 Å². The topological polar surface area (TPSA) is 66.4 Å². The molecule has 0 radical (unpaired) electrons. The largest absolute Gasteiger partial charge is 0.396 e. The van der Waals surface area contributed by atoms with Gasteiger partial charge in [-0.2, -0.15) is 0 Å². The minimum atomic E-state index is -3.15. The molecular weight excluding hydrogens is 214 g/mol. The first-order valence-corrected chi connectivity index (χ1v) is 7.26. The van der Waals surface area contributed by atoms with Crippen LogP contribution in [0.25, 0.3) is 0 Å². The van der Waals surface area contributed by atoms with Crippen molar-refractivity contribution in [1.29, 1.82) is 0 Å². The Labute approximate surface area is 92.1 Å². The molecule has 5 heteroatoms. The van der Waals surface area contributed by atoms with Gasteiger partial charge in [0.25, 0.3) is 0 Å². The summed E-state index contributed by atoms with van der Waals surface area (Å²) in [4.78, 5) is 0. The molecule has 0 aromatic rings. The molecule has 1 fully saturated rings. The van der Waals surface area contributed by atoms with Gasteiger partial charge in [0.05, 0.1) is 5.25 Å². The average Bonchev–Trinajstić information content (AvgIpc) is 2.70. The van der Waals surface area contributed by atoms with Gasteiger partial charge in [-0.15, -0.1) is 0 Å². The Morgan fingerprint density at radius 2 is 2.00 bits per heavy atom. The molecule has 0 amide bonds. The molecule has 90 valence electrons. The van der Waals surface area contributed by atoms with Gasteiger partial charge in [-0.25, -0.2) is 13.1 Å². The van der Waals surface area contributed by atoms with Crippen molar-refractivity contribution in [3.05, 3.63) is 0 Å². The van der Waals surface area contributed by atoms with Gasteiger partial charge in [0.15, 0.2) is 0 Å². The zero-order valence-electron chi connectivity index (χ0n) is 9.28. The second-order valence-corrected chi connectivity index (χ2v) is 6.18. The molecule has 1 aliphatic carbocycles. The average molecular weight is 235 g/mol. The third-order valence-electron chi connectivity index (χ3n) is 3.04. The molecule has 1 atom stereocenters. The molecular formula is C10H21NO3S. The van der Waals surface area contributed by atoms with Crippen LogP contribution in [0.3, 0.4) is 0 Å². The van der Waals surface area contributed by atoms with Crippen LogP contribution in [-0.4, -0.2) is 31.4 Å². The molecule has 0 aromatic heterocycles. The van der Waals surface area contributed by atoms with Gasteiger partial charge < -0.3 is 5.11 Å². The number of hydrogen-bond acceptors (Lipinski definition) is 3. The number of aliphatic hydroxyl groups excluding tert-OH is 1. The first-order chi connectivity index (χ1) is 7.10. The summed E-state index contributed by atoms with van der Waals surface area (Å²) in [7, 11) is -3.15. The number of aliphatic hydroxyl groups is 1. The number of hydrogen-bond donors (Lipinski definition) is 2. The van der Waals surface area contributed by atoms with E-state index in [1.165, 1.54) is 0 Å². The summed E-state index contributed by atoms with van der Waals surface area (Å²) in [5, 5.41) is 8.59. The highest BCUT2D eigenvalue weighted by atomic mass is 32.2. The molecule has 1 unspecified atom stereocenters. The van der Waals surface area contributed by atoms with Gasteiger partial charge in [0.1, 0.15) is 0 Å². The van der Waals surface area contributed by atoms with Gasteiger partial charge in [0.2, 0.25) is 10.0 Å². The minimum absolute atomic E-state index is 0.0334. The Balaban J connectivity index is 2.53. The van der Waals surface area contributed by atoms with Crippen molar-refractivity contribution >= 4 is 10.0 Å². The Morgan fingerprint density at radius 3 is 2.47 bits per heavy atom. The summed E-state index contributed by atoms with van der Waals surface area (Å²) in [5.74, 6) is 0. The Hall–Kier alpha value is -0.130. The third-order valence-corrected chi connectivity index (χ3v) is 5.05. The van der Waals surface area contributed by atoms with Crippen LogP contribution in [0.15, 0.2) is 0 Å². The standard InChI is InChI=1S/C10H21NO3S/c1-2-9(7-8-12)11-15(13,14)10-5-3-4-6-10/h9-12H,2-8H2,1H3. The molecule has 0 spiro atoms. The number of sulfonamides is 1. The van der Waals surface area contributed by atoms with Crippen molar-refractivity contribution < 1.29 is 13.5 Å². The molecule has 0 aliphatic heterocycles. The summed E-state index contributed by atoms with van der Waals surface area (Å²) in [6.07, 6.45) is 4.83. The summed E-state index contributed by atoms with van der Waals surface area (Å²) in [6, 6.07) is -0.111. The van der Waals surface area contributed by atoms with Crippen LogP contribution in [-0.2, 0) is 10.0 Å². The summed E-state index contributed by atoms with van der Waals surface area (Å²) < 4.78 is 26.5.